The molecule has 170 valence electrons. The van der Waals surface area contributed by atoms with Crippen LogP contribution in [-0.4, -0.2) is 46.5 Å². The van der Waals surface area contributed by atoms with Crippen LogP contribution in [0.15, 0.2) is 0 Å². The van der Waals surface area contributed by atoms with E-state index in [1.807, 2.05) is 0 Å². The highest BCUT2D eigenvalue weighted by Gasteiger charge is 2.62. The van der Waals surface area contributed by atoms with Gasteiger partial charge in [0.1, 0.15) is 0 Å². The number of aliphatic hydroxyl groups excluding tert-OH is 2. The Hall–Kier alpha value is -0.120. The molecule has 30 heavy (non-hydrogen) atoms. The van der Waals surface area contributed by atoms with Crippen LogP contribution in [0.25, 0.3) is 0 Å². The van der Waals surface area contributed by atoms with E-state index < -0.39 is 0 Å². The molecule has 2 heterocycles. The minimum atomic E-state index is -0.181. The van der Waals surface area contributed by atoms with Gasteiger partial charge in [-0.15, -0.1) is 0 Å². The molecular weight excluding hydrogens is 370 g/mol. The summed E-state index contributed by atoms with van der Waals surface area (Å²) in [5, 5.41) is 21.5. The van der Waals surface area contributed by atoms with Crippen LogP contribution in [0, 0.1) is 58.7 Å². The fourth-order valence-electron chi connectivity index (χ4n) is 10.6. The van der Waals surface area contributed by atoms with E-state index >= 15 is 0 Å². The summed E-state index contributed by atoms with van der Waals surface area (Å²) in [6.45, 7) is 10.3. The van der Waals surface area contributed by atoms with Crippen molar-refractivity contribution < 1.29 is 10.2 Å². The van der Waals surface area contributed by atoms with Gasteiger partial charge < -0.3 is 10.2 Å². The Bertz CT molecular complexity index is 665. The second-order valence-electron chi connectivity index (χ2n) is 13.1. The first-order chi connectivity index (χ1) is 14.4. The molecule has 0 unspecified atom stereocenters. The first-order valence-electron chi connectivity index (χ1n) is 13.5. The molecule has 6 rings (SSSR count). The van der Waals surface area contributed by atoms with Crippen LogP contribution >= 0.6 is 0 Å². The van der Waals surface area contributed by atoms with E-state index in [-0.39, 0.29) is 17.6 Å². The third-order valence-corrected chi connectivity index (χ3v) is 12.0. The van der Waals surface area contributed by atoms with Gasteiger partial charge in [0.15, 0.2) is 0 Å². The van der Waals surface area contributed by atoms with Crippen molar-refractivity contribution in [1.29, 1.82) is 0 Å². The zero-order valence-corrected chi connectivity index (χ0v) is 19.5. The van der Waals surface area contributed by atoms with Crippen LogP contribution in [0.4, 0.5) is 0 Å². The smallest absolute Gasteiger partial charge is 0.0577 e. The van der Waals surface area contributed by atoms with Crippen LogP contribution in [0.1, 0.15) is 78.6 Å². The van der Waals surface area contributed by atoms with Crippen LogP contribution in [0.2, 0.25) is 0 Å². The number of fused-ring (bicyclic) bond motifs is 8. The molecule has 3 nitrogen and oxygen atoms in total. The maximum atomic E-state index is 11.2. The Morgan fingerprint density at radius 2 is 1.53 bits per heavy atom. The molecule has 13 atom stereocenters. The first-order valence-corrected chi connectivity index (χ1v) is 13.5. The van der Waals surface area contributed by atoms with Gasteiger partial charge in [-0.1, -0.05) is 20.8 Å². The maximum absolute atomic E-state index is 11.2. The van der Waals surface area contributed by atoms with Crippen LogP contribution in [0.5, 0.6) is 0 Å². The Balaban J connectivity index is 1.28. The van der Waals surface area contributed by atoms with E-state index in [2.05, 4.69) is 25.7 Å². The maximum Gasteiger partial charge on any atom is 0.0577 e. The van der Waals surface area contributed by atoms with Gasteiger partial charge in [0.25, 0.3) is 0 Å². The number of aliphatic hydroxyl groups is 2. The van der Waals surface area contributed by atoms with Crippen LogP contribution in [-0.2, 0) is 0 Å². The topological polar surface area (TPSA) is 43.7 Å². The molecule has 0 spiro atoms. The summed E-state index contributed by atoms with van der Waals surface area (Å²) in [4.78, 5) is 2.92. The quantitative estimate of drug-likeness (QED) is 0.609. The largest absolute Gasteiger partial charge is 0.393 e. The summed E-state index contributed by atoms with van der Waals surface area (Å²) in [6.07, 6.45) is 10.7. The number of hydrogen-bond donors (Lipinski definition) is 2. The minimum Gasteiger partial charge on any atom is -0.393 e. The number of piperidine rings is 2. The SMILES string of the molecule is C[C@H]1CC[C@@H]2[C@@H](C)[C@@H]3CC[C@@H]4[C@@H](C[C@H]5[C@H]4C[C@H](O)[C@H]4C[C@@H](O)CC[C@@]45C)[C@@H]3CN2C1. The van der Waals surface area contributed by atoms with Crippen molar-refractivity contribution in [3.05, 3.63) is 0 Å². The highest BCUT2D eigenvalue weighted by molar-refractivity contribution is 5.12. The molecule has 0 aromatic carbocycles. The van der Waals surface area contributed by atoms with Gasteiger partial charge in [0, 0.05) is 19.1 Å². The molecule has 4 saturated carbocycles. The molecule has 2 aliphatic heterocycles. The van der Waals surface area contributed by atoms with E-state index in [1.165, 1.54) is 45.2 Å². The Labute approximate surface area is 184 Å². The average molecular weight is 416 g/mol. The highest BCUT2D eigenvalue weighted by Crippen LogP contribution is 2.67. The zero-order chi connectivity index (χ0) is 20.8. The normalized spacial score (nSPS) is 60.7. The van der Waals surface area contributed by atoms with E-state index in [0.29, 0.717) is 5.92 Å². The zero-order valence-electron chi connectivity index (χ0n) is 19.5. The van der Waals surface area contributed by atoms with Gasteiger partial charge >= 0.3 is 0 Å². The van der Waals surface area contributed by atoms with Crippen molar-refractivity contribution in [3.63, 3.8) is 0 Å². The lowest BCUT2D eigenvalue weighted by molar-refractivity contribution is -0.130. The minimum absolute atomic E-state index is 0.180. The summed E-state index contributed by atoms with van der Waals surface area (Å²) < 4.78 is 0. The van der Waals surface area contributed by atoms with Crippen molar-refractivity contribution in [3.8, 4) is 0 Å². The van der Waals surface area contributed by atoms with Crippen molar-refractivity contribution in [1.82, 2.24) is 4.90 Å². The standard InChI is InChI=1S/C27H45NO2/c1-15-4-7-25-16(2)18-5-6-19-20(22(18)14-28(25)13-15)11-23-21(19)12-26(30)24-10-17(29)8-9-27(23,24)3/h15-26,29-30H,4-14H2,1-3H3/t15-,16-,17-,18-,19+,20+,21-,22+,23-,24+,25+,26-,27+/m0/s1. The predicted molar refractivity (Wildman–Crippen MR) is 120 cm³/mol. The highest BCUT2D eigenvalue weighted by atomic mass is 16.3. The third kappa shape index (κ3) is 2.86. The lowest BCUT2D eigenvalue weighted by Crippen LogP contribution is -2.58. The number of nitrogens with zero attached hydrogens (tertiary/aromatic N) is 1. The molecule has 4 aliphatic carbocycles. The van der Waals surface area contributed by atoms with Crippen LogP contribution in [0.3, 0.4) is 0 Å². The van der Waals surface area contributed by atoms with E-state index in [1.54, 1.807) is 0 Å². The molecule has 6 fully saturated rings. The van der Waals surface area contributed by atoms with Gasteiger partial charge in [0.05, 0.1) is 12.2 Å². The monoisotopic (exact) mass is 415 g/mol. The number of rotatable bonds is 0. The first kappa shape index (κ1) is 20.5. The van der Waals surface area contributed by atoms with E-state index in [0.717, 1.165) is 79.1 Å². The second-order valence-corrected chi connectivity index (χ2v) is 13.1. The Kier molecular flexibility index (Phi) is 4.91. The van der Waals surface area contributed by atoms with Gasteiger partial charge in [-0.05, 0) is 116 Å². The summed E-state index contributed by atoms with van der Waals surface area (Å²) >= 11 is 0. The van der Waals surface area contributed by atoms with E-state index in [9.17, 15) is 10.2 Å². The average Bonchev–Trinajstić information content (AvgIpc) is 3.09. The molecule has 6 aliphatic rings. The lowest BCUT2D eigenvalue weighted by atomic mass is 9.51. The van der Waals surface area contributed by atoms with Gasteiger partial charge in [-0.3, -0.25) is 4.90 Å². The van der Waals surface area contributed by atoms with Gasteiger partial charge in [-0.2, -0.15) is 0 Å². The molecule has 2 saturated heterocycles. The molecule has 0 aromatic rings. The van der Waals surface area contributed by atoms with E-state index in [4.69, 9.17) is 0 Å². The van der Waals surface area contributed by atoms with Crippen molar-refractivity contribution >= 4 is 0 Å². The lowest BCUT2D eigenvalue weighted by Gasteiger charge is -2.56. The molecule has 0 aromatic heterocycles. The third-order valence-electron chi connectivity index (χ3n) is 12.0. The van der Waals surface area contributed by atoms with Crippen molar-refractivity contribution in [2.24, 2.45) is 58.7 Å². The summed E-state index contributed by atoms with van der Waals surface area (Å²) in [6, 6.07) is 0.853. The van der Waals surface area contributed by atoms with Gasteiger partial charge in [0.2, 0.25) is 0 Å². The summed E-state index contributed by atoms with van der Waals surface area (Å²) in [7, 11) is 0. The molecule has 3 heteroatoms. The molecular formula is C27H45NO2. The molecule has 0 radical (unpaired) electrons. The fourth-order valence-corrected chi connectivity index (χ4v) is 10.6. The van der Waals surface area contributed by atoms with Crippen LogP contribution < -0.4 is 0 Å². The summed E-state index contributed by atoms with van der Waals surface area (Å²) in [5.74, 6) is 7.22. The summed E-state index contributed by atoms with van der Waals surface area (Å²) in [5.41, 5.74) is 0.261. The number of hydrogen-bond acceptors (Lipinski definition) is 3. The molecule has 0 amide bonds. The molecule has 2 N–H and O–H groups in total. The van der Waals surface area contributed by atoms with Gasteiger partial charge in [-0.25, -0.2) is 0 Å². The second kappa shape index (κ2) is 7.19. The molecule has 0 bridgehead atoms. The Morgan fingerprint density at radius 3 is 2.37 bits per heavy atom. The predicted octanol–water partition coefficient (Wildman–Crippen LogP) is 4.56. The fraction of sp³-hybridized carbons (Fsp3) is 1.00. The van der Waals surface area contributed by atoms with Crippen molar-refractivity contribution in [2.75, 3.05) is 13.1 Å². The Morgan fingerprint density at radius 1 is 0.733 bits per heavy atom. The van der Waals surface area contributed by atoms with Crippen molar-refractivity contribution in [2.45, 2.75) is 96.8 Å².